The standard InChI is InChI=1S/C13H18O2/c14-11-7-6-9-3-1-5-12(15)13(9)8-2-4-10(11)13/h9-10H,1-8H2/t9-,10-,13-/m0/s1. The second-order valence-electron chi connectivity index (χ2n) is 5.50. The van der Waals surface area contributed by atoms with E-state index in [1.54, 1.807) is 0 Å². The second kappa shape index (κ2) is 3.16. The van der Waals surface area contributed by atoms with Gasteiger partial charge in [0, 0.05) is 24.2 Å². The van der Waals surface area contributed by atoms with Crippen molar-refractivity contribution in [1.82, 2.24) is 0 Å². The van der Waals surface area contributed by atoms with Crippen LogP contribution in [0.4, 0.5) is 0 Å². The normalized spacial score (nSPS) is 45.1. The fourth-order valence-corrected chi connectivity index (χ4v) is 4.42. The third-order valence-electron chi connectivity index (χ3n) is 5.04. The van der Waals surface area contributed by atoms with Crippen LogP contribution in [0.3, 0.4) is 0 Å². The van der Waals surface area contributed by atoms with Gasteiger partial charge in [0.15, 0.2) is 0 Å². The van der Waals surface area contributed by atoms with E-state index in [9.17, 15) is 9.59 Å². The van der Waals surface area contributed by atoms with Crippen molar-refractivity contribution < 1.29 is 9.59 Å². The van der Waals surface area contributed by atoms with Crippen LogP contribution in [0.1, 0.15) is 51.4 Å². The van der Waals surface area contributed by atoms with E-state index in [-0.39, 0.29) is 11.3 Å². The Kier molecular flexibility index (Phi) is 2.02. The van der Waals surface area contributed by atoms with Crippen LogP contribution in [-0.2, 0) is 9.59 Å². The fraction of sp³-hybridized carbons (Fsp3) is 0.846. The Bertz CT molecular complexity index is 320. The maximum Gasteiger partial charge on any atom is 0.140 e. The van der Waals surface area contributed by atoms with Gasteiger partial charge in [0.2, 0.25) is 0 Å². The SMILES string of the molecule is O=C1CC[C@@H]2CCCC(=O)[C@@]23CCC[C@@H]13. The third kappa shape index (κ3) is 1.11. The summed E-state index contributed by atoms with van der Waals surface area (Å²) in [6, 6.07) is 0. The molecule has 0 unspecified atom stereocenters. The molecule has 2 nitrogen and oxygen atoms in total. The lowest BCUT2D eigenvalue weighted by molar-refractivity contribution is -0.149. The number of carbonyl (C=O) groups excluding carboxylic acids is 2. The molecular formula is C13H18O2. The molecule has 0 aromatic carbocycles. The van der Waals surface area contributed by atoms with Crippen molar-refractivity contribution in [3.05, 3.63) is 0 Å². The highest BCUT2D eigenvalue weighted by Crippen LogP contribution is 2.58. The molecule has 15 heavy (non-hydrogen) atoms. The molecule has 0 radical (unpaired) electrons. The molecule has 2 heteroatoms. The van der Waals surface area contributed by atoms with Crippen molar-refractivity contribution in [3.8, 4) is 0 Å². The van der Waals surface area contributed by atoms with E-state index in [2.05, 4.69) is 0 Å². The van der Waals surface area contributed by atoms with E-state index in [0.29, 0.717) is 17.5 Å². The van der Waals surface area contributed by atoms with Crippen LogP contribution in [0.2, 0.25) is 0 Å². The first-order valence-electron chi connectivity index (χ1n) is 6.31. The zero-order valence-corrected chi connectivity index (χ0v) is 9.13. The van der Waals surface area contributed by atoms with Gasteiger partial charge in [-0.15, -0.1) is 0 Å². The van der Waals surface area contributed by atoms with Crippen molar-refractivity contribution in [2.45, 2.75) is 51.4 Å². The molecular weight excluding hydrogens is 188 g/mol. The molecule has 0 aliphatic heterocycles. The van der Waals surface area contributed by atoms with Gasteiger partial charge in [-0.25, -0.2) is 0 Å². The van der Waals surface area contributed by atoms with Gasteiger partial charge in [-0.05, 0) is 38.0 Å². The minimum absolute atomic E-state index is 0.115. The summed E-state index contributed by atoms with van der Waals surface area (Å²) in [7, 11) is 0. The number of carbonyl (C=O) groups is 2. The average Bonchev–Trinajstić information content (AvgIpc) is 2.66. The van der Waals surface area contributed by atoms with Gasteiger partial charge in [0.05, 0.1) is 0 Å². The minimum Gasteiger partial charge on any atom is -0.299 e. The Morgan fingerprint density at radius 1 is 1.00 bits per heavy atom. The number of Topliss-reactive ketones (excluding diaryl/α,β-unsaturated/α-hetero) is 2. The Morgan fingerprint density at radius 3 is 2.73 bits per heavy atom. The van der Waals surface area contributed by atoms with E-state index in [1.807, 2.05) is 0 Å². The number of hydrogen-bond acceptors (Lipinski definition) is 2. The highest BCUT2D eigenvalue weighted by atomic mass is 16.1. The van der Waals surface area contributed by atoms with E-state index < -0.39 is 0 Å². The molecule has 0 saturated heterocycles. The molecule has 3 aliphatic rings. The Hall–Kier alpha value is -0.660. The van der Waals surface area contributed by atoms with Gasteiger partial charge in [0.1, 0.15) is 11.6 Å². The maximum absolute atomic E-state index is 12.2. The van der Waals surface area contributed by atoms with E-state index in [4.69, 9.17) is 0 Å². The molecule has 3 fully saturated rings. The van der Waals surface area contributed by atoms with Crippen molar-refractivity contribution in [1.29, 1.82) is 0 Å². The van der Waals surface area contributed by atoms with Gasteiger partial charge < -0.3 is 0 Å². The first-order valence-corrected chi connectivity index (χ1v) is 6.31. The van der Waals surface area contributed by atoms with E-state index in [0.717, 1.165) is 44.9 Å². The summed E-state index contributed by atoms with van der Waals surface area (Å²) in [6.07, 6.45) is 7.81. The Labute approximate surface area is 90.4 Å². The minimum atomic E-state index is -0.173. The van der Waals surface area contributed by atoms with Gasteiger partial charge in [-0.2, -0.15) is 0 Å². The smallest absolute Gasteiger partial charge is 0.140 e. The summed E-state index contributed by atoms with van der Waals surface area (Å²) in [6.45, 7) is 0. The second-order valence-corrected chi connectivity index (χ2v) is 5.50. The summed E-state index contributed by atoms with van der Waals surface area (Å²) >= 11 is 0. The zero-order valence-electron chi connectivity index (χ0n) is 9.13. The molecule has 1 spiro atoms. The van der Waals surface area contributed by atoms with Crippen LogP contribution >= 0.6 is 0 Å². The van der Waals surface area contributed by atoms with Crippen molar-refractivity contribution in [2.24, 2.45) is 17.3 Å². The average molecular weight is 206 g/mol. The number of rotatable bonds is 0. The highest BCUT2D eigenvalue weighted by Gasteiger charge is 2.58. The van der Waals surface area contributed by atoms with Gasteiger partial charge in [-0.1, -0.05) is 6.42 Å². The summed E-state index contributed by atoms with van der Waals surface area (Å²) in [5.74, 6) is 1.47. The van der Waals surface area contributed by atoms with E-state index in [1.165, 1.54) is 6.42 Å². The topological polar surface area (TPSA) is 34.1 Å². The maximum atomic E-state index is 12.2. The molecule has 3 saturated carbocycles. The Morgan fingerprint density at radius 2 is 1.87 bits per heavy atom. The molecule has 0 amide bonds. The monoisotopic (exact) mass is 206 g/mol. The lowest BCUT2D eigenvalue weighted by Gasteiger charge is -2.47. The first kappa shape index (κ1) is 9.56. The molecule has 0 N–H and O–H groups in total. The molecule has 0 bridgehead atoms. The van der Waals surface area contributed by atoms with Gasteiger partial charge in [-0.3, -0.25) is 9.59 Å². The van der Waals surface area contributed by atoms with Crippen molar-refractivity contribution >= 4 is 11.6 Å². The lowest BCUT2D eigenvalue weighted by atomic mass is 9.55. The highest BCUT2D eigenvalue weighted by molar-refractivity contribution is 5.95. The van der Waals surface area contributed by atoms with Crippen LogP contribution in [0.25, 0.3) is 0 Å². The van der Waals surface area contributed by atoms with Crippen LogP contribution < -0.4 is 0 Å². The summed E-state index contributed by atoms with van der Waals surface area (Å²) in [4.78, 5) is 24.1. The van der Waals surface area contributed by atoms with Crippen molar-refractivity contribution in [3.63, 3.8) is 0 Å². The molecule has 3 atom stereocenters. The molecule has 3 rings (SSSR count). The summed E-state index contributed by atoms with van der Waals surface area (Å²) < 4.78 is 0. The molecule has 0 aromatic heterocycles. The molecule has 0 aromatic rings. The van der Waals surface area contributed by atoms with Crippen LogP contribution in [0, 0.1) is 17.3 Å². The zero-order chi connectivity index (χ0) is 10.5. The number of ketones is 2. The van der Waals surface area contributed by atoms with Crippen LogP contribution in [-0.4, -0.2) is 11.6 Å². The summed E-state index contributed by atoms with van der Waals surface area (Å²) in [5.41, 5.74) is -0.173. The lowest BCUT2D eigenvalue weighted by Crippen LogP contribution is -2.50. The van der Waals surface area contributed by atoms with E-state index >= 15 is 0 Å². The molecule has 3 aliphatic carbocycles. The number of hydrogen-bond donors (Lipinski definition) is 0. The quantitative estimate of drug-likeness (QED) is 0.610. The molecule has 0 heterocycles. The third-order valence-corrected chi connectivity index (χ3v) is 5.04. The van der Waals surface area contributed by atoms with Crippen molar-refractivity contribution in [2.75, 3.05) is 0 Å². The fourth-order valence-electron chi connectivity index (χ4n) is 4.42. The predicted octanol–water partition coefficient (Wildman–Crippen LogP) is 2.51. The van der Waals surface area contributed by atoms with Gasteiger partial charge >= 0.3 is 0 Å². The van der Waals surface area contributed by atoms with Crippen LogP contribution in [0.15, 0.2) is 0 Å². The largest absolute Gasteiger partial charge is 0.299 e. The Balaban J connectivity index is 2.04. The molecule has 82 valence electrons. The predicted molar refractivity (Wildman–Crippen MR) is 56.4 cm³/mol. The first-order chi connectivity index (χ1) is 7.25. The summed E-state index contributed by atoms with van der Waals surface area (Å²) in [5, 5.41) is 0. The van der Waals surface area contributed by atoms with Gasteiger partial charge in [0.25, 0.3) is 0 Å². The van der Waals surface area contributed by atoms with Crippen LogP contribution in [0.5, 0.6) is 0 Å².